The molecule has 3 nitrogen and oxygen atoms in total. The van der Waals surface area contributed by atoms with Crippen LogP contribution < -0.4 is 5.73 Å². The summed E-state index contributed by atoms with van der Waals surface area (Å²) in [5, 5.41) is 9.35. The number of nitrogens with two attached hydrogens (primary N) is 1. The van der Waals surface area contributed by atoms with E-state index in [2.05, 4.69) is 18.7 Å². The number of hydrogen-bond donors (Lipinski definition) is 2. The standard InChI is InChI=1S/C14H24N2O/c1-3-8-16(9-4-2)10-7-12-5-6-14(17)13(15)11-12/h5-6,11,17H,3-4,7-10,15H2,1-2H3. The van der Waals surface area contributed by atoms with E-state index in [1.165, 1.54) is 18.4 Å². The molecule has 0 radical (unpaired) electrons. The van der Waals surface area contributed by atoms with Crippen molar-refractivity contribution in [3.05, 3.63) is 23.8 Å². The van der Waals surface area contributed by atoms with Gasteiger partial charge in [-0.1, -0.05) is 19.9 Å². The maximum atomic E-state index is 9.35. The van der Waals surface area contributed by atoms with Crippen molar-refractivity contribution in [1.82, 2.24) is 4.90 Å². The van der Waals surface area contributed by atoms with Gasteiger partial charge in [0.25, 0.3) is 0 Å². The zero-order chi connectivity index (χ0) is 12.7. The van der Waals surface area contributed by atoms with Gasteiger partial charge in [0.15, 0.2) is 0 Å². The second-order valence-electron chi connectivity index (χ2n) is 4.48. The summed E-state index contributed by atoms with van der Waals surface area (Å²) in [6.07, 6.45) is 3.37. The van der Waals surface area contributed by atoms with Gasteiger partial charge in [0.2, 0.25) is 0 Å². The normalized spacial score (nSPS) is 11.0. The summed E-state index contributed by atoms with van der Waals surface area (Å²) < 4.78 is 0. The average molecular weight is 236 g/mol. The van der Waals surface area contributed by atoms with Crippen LogP contribution >= 0.6 is 0 Å². The number of nitrogen functional groups attached to an aromatic ring is 1. The number of nitrogens with zero attached hydrogens (tertiary/aromatic N) is 1. The first-order valence-electron chi connectivity index (χ1n) is 6.47. The number of phenols is 1. The molecule has 0 saturated heterocycles. The van der Waals surface area contributed by atoms with Gasteiger partial charge in [-0.05, 0) is 50.0 Å². The summed E-state index contributed by atoms with van der Waals surface area (Å²) in [5.74, 6) is 0.174. The topological polar surface area (TPSA) is 49.5 Å². The van der Waals surface area contributed by atoms with Crippen LogP contribution in [0.3, 0.4) is 0 Å². The van der Waals surface area contributed by atoms with E-state index >= 15 is 0 Å². The molecule has 1 aromatic carbocycles. The predicted molar refractivity (Wildman–Crippen MR) is 73.2 cm³/mol. The summed E-state index contributed by atoms with van der Waals surface area (Å²) in [5.41, 5.74) is 7.35. The van der Waals surface area contributed by atoms with Crippen molar-refractivity contribution in [3.63, 3.8) is 0 Å². The Balaban J connectivity index is 2.49. The van der Waals surface area contributed by atoms with Gasteiger partial charge in [0.05, 0.1) is 5.69 Å². The Bertz CT molecular complexity index is 333. The molecule has 17 heavy (non-hydrogen) atoms. The summed E-state index contributed by atoms with van der Waals surface area (Å²) in [6, 6.07) is 5.49. The molecule has 0 atom stereocenters. The fourth-order valence-corrected chi connectivity index (χ4v) is 2.01. The molecule has 3 N–H and O–H groups in total. The Morgan fingerprint density at radius 1 is 1.12 bits per heavy atom. The second kappa shape index (κ2) is 7.17. The summed E-state index contributed by atoms with van der Waals surface area (Å²) in [7, 11) is 0. The minimum Gasteiger partial charge on any atom is -0.506 e. The van der Waals surface area contributed by atoms with E-state index in [0.29, 0.717) is 5.69 Å². The molecule has 0 spiro atoms. The first-order valence-corrected chi connectivity index (χ1v) is 6.47. The smallest absolute Gasteiger partial charge is 0.138 e. The van der Waals surface area contributed by atoms with Gasteiger partial charge in [-0.25, -0.2) is 0 Å². The number of anilines is 1. The molecule has 1 aromatic rings. The number of phenolic OH excluding ortho intramolecular Hbond substituents is 1. The van der Waals surface area contributed by atoms with Gasteiger partial charge >= 0.3 is 0 Å². The lowest BCUT2D eigenvalue weighted by atomic mass is 10.1. The maximum Gasteiger partial charge on any atom is 0.138 e. The van der Waals surface area contributed by atoms with Crippen LogP contribution in [0.15, 0.2) is 18.2 Å². The van der Waals surface area contributed by atoms with Crippen molar-refractivity contribution in [2.75, 3.05) is 25.4 Å². The Morgan fingerprint density at radius 3 is 2.29 bits per heavy atom. The van der Waals surface area contributed by atoms with Crippen molar-refractivity contribution >= 4 is 5.69 Å². The Hall–Kier alpha value is -1.22. The quantitative estimate of drug-likeness (QED) is 0.565. The van der Waals surface area contributed by atoms with Crippen LogP contribution in [0.25, 0.3) is 0 Å². The van der Waals surface area contributed by atoms with Crippen molar-refractivity contribution in [2.24, 2.45) is 0 Å². The lowest BCUT2D eigenvalue weighted by Crippen LogP contribution is -2.27. The third kappa shape index (κ3) is 4.65. The first kappa shape index (κ1) is 13.8. The minimum atomic E-state index is 0.174. The highest BCUT2D eigenvalue weighted by Crippen LogP contribution is 2.20. The van der Waals surface area contributed by atoms with Crippen LogP contribution in [0.2, 0.25) is 0 Å². The monoisotopic (exact) mass is 236 g/mol. The van der Waals surface area contributed by atoms with Gasteiger partial charge in [-0.3, -0.25) is 0 Å². The minimum absolute atomic E-state index is 0.174. The second-order valence-corrected chi connectivity index (χ2v) is 4.48. The zero-order valence-electron chi connectivity index (χ0n) is 10.9. The fourth-order valence-electron chi connectivity index (χ4n) is 2.01. The SMILES string of the molecule is CCCN(CCC)CCc1ccc(O)c(N)c1. The van der Waals surface area contributed by atoms with Gasteiger partial charge in [-0.2, -0.15) is 0 Å². The van der Waals surface area contributed by atoms with E-state index in [9.17, 15) is 5.11 Å². The van der Waals surface area contributed by atoms with Crippen molar-refractivity contribution in [3.8, 4) is 5.75 Å². The molecule has 3 heteroatoms. The number of benzene rings is 1. The largest absolute Gasteiger partial charge is 0.506 e. The van der Waals surface area contributed by atoms with E-state index in [-0.39, 0.29) is 5.75 Å². The molecule has 0 aliphatic rings. The van der Waals surface area contributed by atoms with E-state index in [1.54, 1.807) is 6.07 Å². The lowest BCUT2D eigenvalue weighted by Gasteiger charge is -2.20. The summed E-state index contributed by atoms with van der Waals surface area (Å²) in [4.78, 5) is 2.48. The van der Waals surface area contributed by atoms with Crippen LogP contribution in [-0.4, -0.2) is 29.6 Å². The van der Waals surface area contributed by atoms with Crippen molar-refractivity contribution in [1.29, 1.82) is 0 Å². The molecule has 0 unspecified atom stereocenters. The van der Waals surface area contributed by atoms with E-state index < -0.39 is 0 Å². The van der Waals surface area contributed by atoms with Crippen molar-refractivity contribution < 1.29 is 5.11 Å². The maximum absolute atomic E-state index is 9.35. The lowest BCUT2D eigenvalue weighted by molar-refractivity contribution is 0.278. The predicted octanol–water partition coefficient (Wildman–Crippen LogP) is 2.64. The molecule has 96 valence electrons. The Kier molecular flexibility index (Phi) is 5.84. The van der Waals surface area contributed by atoms with Crippen LogP contribution in [0.4, 0.5) is 5.69 Å². The molecule has 0 aromatic heterocycles. The molecular weight excluding hydrogens is 212 g/mol. The highest BCUT2D eigenvalue weighted by atomic mass is 16.3. The average Bonchev–Trinajstić information content (AvgIpc) is 2.31. The number of aromatic hydroxyl groups is 1. The van der Waals surface area contributed by atoms with Gasteiger partial charge in [0.1, 0.15) is 5.75 Å². The van der Waals surface area contributed by atoms with E-state index in [4.69, 9.17) is 5.73 Å². The molecule has 0 aliphatic heterocycles. The molecule has 0 fully saturated rings. The Morgan fingerprint density at radius 2 is 1.76 bits per heavy atom. The zero-order valence-corrected chi connectivity index (χ0v) is 10.9. The number of hydrogen-bond acceptors (Lipinski definition) is 3. The summed E-state index contributed by atoms with van der Waals surface area (Å²) in [6.45, 7) is 7.79. The van der Waals surface area contributed by atoms with Crippen LogP contribution in [0, 0.1) is 0 Å². The molecular formula is C14H24N2O. The molecule has 0 heterocycles. The fraction of sp³-hybridized carbons (Fsp3) is 0.571. The molecule has 0 bridgehead atoms. The summed E-state index contributed by atoms with van der Waals surface area (Å²) >= 11 is 0. The molecule has 0 aliphatic carbocycles. The third-order valence-electron chi connectivity index (χ3n) is 2.89. The molecule has 0 saturated carbocycles. The number of rotatable bonds is 7. The van der Waals surface area contributed by atoms with E-state index in [0.717, 1.165) is 26.1 Å². The van der Waals surface area contributed by atoms with Gasteiger partial charge < -0.3 is 15.7 Å². The molecule has 0 amide bonds. The van der Waals surface area contributed by atoms with Gasteiger partial charge in [0, 0.05) is 6.54 Å². The highest BCUT2D eigenvalue weighted by Gasteiger charge is 2.04. The first-order chi connectivity index (χ1) is 8.17. The molecule has 1 rings (SSSR count). The van der Waals surface area contributed by atoms with E-state index in [1.807, 2.05) is 12.1 Å². The third-order valence-corrected chi connectivity index (χ3v) is 2.89. The van der Waals surface area contributed by atoms with Crippen LogP contribution in [0.5, 0.6) is 5.75 Å². The van der Waals surface area contributed by atoms with Crippen molar-refractivity contribution in [2.45, 2.75) is 33.1 Å². The Labute approximate surface area is 104 Å². The highest BCUT2D eigenvalue weighted by molar-refractivity contribution is 5.53. The van der Waals surface area contributed by atoms with Crippen LogP contribution in [0.1, 0.15) is 32.3 Å². The van der Waals surface area contributed by atoms with Gasteiger partial charge in [-0.15, -0.1) is 0 Å². The van der Waals surface area contributed by atoms with Crippen LogP contribution in [-0.2, 0) is 6.42 Å².